The lowest BCUT2D eigenvalue weighted by molar-refractivity contribution is 0.264. The molecule has 0 aliphatic heterocycles. The zero-order valence-electron chi connectivity index (χ0n) is 11.1. The fourth-order valence-corrected chi connectivity index (χ4v) is 1.94. The van der Waals surface area contributed by atoms with Crippen LogP contribution in [-0.4, -0.2) is 24.5 Å². The molecule has 0 aliphatic carbocycles. The highest BCUT2D eigenvalue weighted by molar-refractivity contribution is 5.22. The predicted molar refractivity (Wildman–Crippen MR) is 70.3 cm³/mol. The van der Waals surface area contributed by atoms with Crippen molar-refractivity contribution in [3.8, 4) is 0 Å². The minimum absolute atomic E-state index is 0.255. The van der Waals surface area contributed by atoms with Gasteiger partial charge in [-0.25, -0.2) is 8.78 Å². The molecule has 0 heterocycles. The Balaban J connectivity index is 2.67. The van der Waals surface area contributed by atoms with E-state index in [1.165, 1.54) is 6.07 Å². The molecule has 0 saturated heterocycles. The molecule has 0 radical (unpaired) electrons. The summed E-state index contributed by atoms with van der Waals surface area (Å²) in [6.07, 6.45) is 2.20. The fourth-order valence-electron chi connectivity index (χ4n) is 1.94. The highest BCUT2D eigenvalue weighted by Gasteiger charge is 2.15. The molecule has 102 valence electrons. The summed E-state index contributed by atoms with van der Waals surface area (Å²) < 4.78 is 26.7. The number of unbranched alkanes of at least 4 members (excludes halogenated alkanes) is 1. The number of nitrogens with two attached hydrogens (primary N) is 1. The highest BCUT2D eigenvalue weighted by Crippen LogP contribution is 2.17. The minimum Gasteiger partial charge on any atom is -0.323 e. The third kappa shape index (κ3) is 4.35. The third-order valence-electron chi connectivity index (χ3n) is 3.09. The molecule has 0 aromatic heterocycles. The number of likely N-dealkylation sites (N-methyl/N-ethyl adjacent to an activating group) is 1. The van der Waals surface area contributed by atoms with Crippen molar-refractivity contribution in [2.75, 3.05) is 19.6 Å². The molecule has 0 amide bonds. The van der Waals surface area contributed by atoms with E-state index in [2.05, 4.69) is 11.8 Å². The van der Waals surface area contributed by atoms with Crippen molar-refractivity contribution < 1.29 is 8.78 Å². The summed E-state index contributed by atoms with van der Waals surface area (Å²) in [4.78, 5) is 2.17. The Hall–Kier alpha value is -1.00. The van der Waals surface area contributed by atoms with Crippen molar-refractivity contribution >= 4 is 0 Å². The summed E-state index contributed by atoms with van der Waals surface area (Å²) in [5.41, 5.74) is 6.22. The van der Waals surface area contributed by atoms with E-state index in [-0.39, 0.29) is 5.56 Å². The SMILES string of the molecule is CCCCN(CC)CC(N)c1cc(F)ccc1F. The lowest BCUT2D eigenvalue weighted by Gasteiger charge is -2.24. The molecule has 0 saturated carbocycles. The molecule has 18 heavy (non-hydrogen) atoms. The maximum absolute atomic E-state index is 13.6. The molecule has 2 nitrogen and oxygen atoms in total. The van der Waals surface area contributed by atoms with E-state index in [0.717, 1.165) is 38.1 Å². The van der Waals surface area contributed by atoms with Crippen LogP contribution in [0.1, 0.15) is 38.3 Å². The molecular weight excluding hydrogens is 234 g/mol. The molecular formula is C14H22F2N2. The lowest BCUT2D eigenvalue weighted by Crippen LogP contribution is -2.33. The standard InChI is InChI=1S/C14H22F2N2/c1-3-5-8-18(4-2)10-14(17)12-9-11(15)6-7-13(12)16/h6-7,9,14H,3-5,8,10,17H2,1-2H3. The second-order valence-corrected chi connectivity index (χ2v) is 4.52. The van der Waals surface area contributed by atoms with Crippen LogP contribution in [0, 0.1) is 11.6 Å². The number of rotatable bonds is 7. The number of hydrogen-bond acceptors (Lipinski definition) is 2. The molecule has 1 rings (SSSR count). The molecule has 0 fully saturated rings. The van der Waals surface area contributed by atoms with Gasteiger partial charge in [-0.1, -0.05) is 20.3 Å². The zero-order chi connectivity index (χ0) is 13.5. The smallest absolute Gasteiger partial charge is 0.128 e. The maximum atomic E-state index is 13.6. The molecule has 1 aromatic carbocycles. The molecule has 1 aromatic rings. The van der Waals surface area contributed by atoms with Crippen LogP contribution in [0.5, 0.6) is 0 Å². The monoisotopic (exact) mass is 256 g/mol. The predicted octanol–water partition coefficient (Wildman–Crippen LogP) is 3.09. The summed E-state index contributed by atoms with van der Waals surface area (Å²) in [7, 11) is 0. The molecule has 0 bridgehead atoms. The van der Waals surface area contributed by atoms with Crippen molar-refractivity contribution in [2.24, 2.45) is 5.73 Å². The van der Waals surface area contributed by atoms with Crippen LogP contribution in [0.4, 0.5) is 8.78 Å². The first kappa shape index (κ1) is 15.1. The number of hydrogen-bond donors (Lipinski definition) is 1. The van der Waals surface area contributed by atoms with Gasteiger partial charge in [0.25, 0.3) is 0 Å². The van der Waals surface area contributed by atoms with E-state index in [1.807, 2.05) is 6.92 Å². The highest BCUT2D eigenvalue weighted by atomic mass is 19.1. The maximum Gasteiger partial charge on any atom is 0.128 e. The van der Waals surface area contributed by atoms with E-state index in [9.17, 15) is 8.78 Å². The average molecular weight is 256 g/mol. The summed E-state index contributed by atoms with van der Waals surface area (Å²) in [5, 5.41) is 0. The van der Waals surface area contributed by atoms with Gasteiger partial charge < -0.3 is 10.6 Å². The number of benzene rings is 1. The zero-order valence-corrected chi connectivity index (χ0v) is 11.1. The van der Waals surface area contributed by atoms with E-state index in [0.29, 0.717) is 6.54 Å². The van der Waals surface area contributed by atoms with Crippen LogP contribution in [0.2, 0.25) is 0 Å². The van der Waals surface area contributed by atoms with Gasteiger partial charge in [0.15, 0.2) is 0 Å². The van der Waals surface area contributed by atoms with E-state index in [1.54, 1.807) is 0 Å². The van der Waals surface area contributed by atoms with Gasteiger partial charge in [0.05, 0.1) is 0 Å². The van der Waals surface area contributed by atoms with Crippen LogP contribution in [0.25, 0.3) is 0 Å². The molecule has 4 heteroatoms. The van der Waals surface area contributed by atoms with Gasteiger partial charge in [-0.05, 0) is 37.7 Å². The van der Waals surface area contributed by atoms with Gasteiger partial charge in [0.1, 0.15) is 11.6 Å². The summed E-state index contributed by atoms with van der Waals surface area (Å²) >= 11 is 0. The lowest BCUT2D eigenvalue weighted by atomic mass is 10.1. The molecule has 1 atom stereocenters. The first-order valence-corrected chi connectivity index (χ1v) is 6.51. The van der Waals surface area contributed by atoms with Crippen molar-refractivity contribution in [2.45, 2.75) is 32.7 Å². The van der Waals surface area contributed by atoms with Crippen molar-refractivity contribution in [3.05, 3.63) is 35.4 Å². The Bertz CT molecular complexity index is 369. The quantitative estimate of drug-likeness (QED) is 0.812. The van der Waals surface area contributed by atoms with Gasteiger partial charge in [-0.3, -0.25) is 0 Å². The van der Waals surface area contributed by atoms with Gasteiger partial charge in [-0.15, -0.1) is 0 Å². The van der Waals surface area contributed by atoms with Crippen molar-refractivity contribution in [1.82, 2.24) is 4.90 Å². The van der Waals surface area contributed by atoms with Crippen molar-refractivity contribution in [1.29, 1.82) is 0 Å². The number of nitrogens with zero attached hydrogens (tertiary/aromatic N) is 1. The van der Waals surface area contributed by atoms with Gasteiger partial charge >= 0.3 is 0 Å². The third-order valence-corrected chi connectivity index (χ3v) is 3.09. The Labute approximate surface area is 108 Å². The Morgan fingerprint density at radius 2 is 2.00 bits per heavy atom. The van der Waals surface area contributed by atoms with Gasteiger partial charge in [0.2, 0.25) is 0 Å². The van der Waals surface area contributed by atoms with Crippen molar-refractivity contribution in [3.63, 3.8) is 0 Å². The van der Waals surface area contributed by atoms with Crippen LogP contribution in [0.3, 0.4) is 0 Å². The Morgan fingerprint density at radius 3 is 2.61 bits per heavy atom. The Morgan fingerprint density at radius 1 is 1.28 bits per heavy atom. The topological polar surface area (TPSA) is 29.3 Å². The molecule has 0 aliphatic rings. The molecule has 2 N–H and O–H groups in total. The summed E-state index contributed by atoms with van der Waals surface area (Å²) in [5.74, 6) is -0.881. The van der Waals surface area contributed by atoms with E-state index in [4.69, 9.17) is 5.73 Å². The first-order chi connectivity index (χ1) is 8.58. The number of halogens is 2. The van der Waals surface area contributed by atoms with Crippen LogP contribution >= 0.6 is 0 Å². The second kappa shape index (κ2) is 7.44. The van der Waals surface area contributed by atoms with Crippen LogP contribution < -0.4 is 5.73 Å². The van der Waals surface area contributed by atoms with E-state index >= 15 is 0 Å². The molecule has 0 spiro atoms. The van der Waals surface area contributed by atoms with Crippen LogP contribution in [-0.2, 0) is 0 Å². The second-order valence-electron chi connectivity index (χ2n) is 4.52. The summed E-state index contributed by atoms with van der Waals surface area (Å²) in [6.45, 7) is 6.53. The van der Waals surface area contributed by atoms with Gasteiger partial charge in [0, 0.05) is 18.2 Å². The minimum atomic E-state index is -0.488. The van der Waals surface area contributed by atoms with E-state index < -0.39 is 17.7 Å². The largest absolute Gasteiger partial charge is 0.323 e. The van der Waals surface area contributed by atoms with Crippen LogP contribution in [0.15, 0.2) is 18.2 Å². The normalized spacial score (nSPS) is 13.0. The van der Waals surface area contributed by atoms with Gasteiger partial charge in [-0.2, -0.15) is 0 Å². The average Bonchev–Trinajstić information content (AvgIpc) is 2.37. The summed E-state index contributed by atoms with van der Waals surface area (Å²) in [6, 6.07) is 2.94. The Kier molecular flexibility index (Phi) is 6.22. The fraction of sp³-hybridized carbons (Fsp3) is 0.571. The molecule has 1 unspecified atom stereocenters. The first-order valence-electron chi connectivity index (χ1n) is 6.51.